The van der Waals surface area contributed by atoms with Crippen molar-refractivity contribution in [1.29, 1.82) is 0 Å². The van der Waals surface area contributed by atoms with Gasteiger partial charge in [0, 0.05) is 17.8 Å². The molecule has 0 aliphatic heterocycles. The Bertz CT molecular complexity index is 1580. The Hall–Kier alpha value is -4.04. The highest BCUT2D eigenvalue weighted by atomic mass is 32.2. The molecular formula is C26H21N5O2S. The van der Waals surface area contributed by atoms with Gasteiger partial charge in [-0.3, -0.25) is 14.6 Å². The summed E-state index contributed by atoms with van der Waals surface area (Å²) in [6.45, 7) is 3.72. The van der Waals surface area contributed by atoms with E-state index < -0.39 is 5.25 Å². The van der Waals surface area contributed by atoms with Crippen molar-refractivity contribution in [1.82, 2.24) is 19.5 Å². The Morgan fingerprint density at radius 1 is 0.941 bits per heavy atom. The van der Waals surface area contributed by atoms with Crippen molar-refractivity contribution < 1.29 is 4.79 Å². The molecule has 0 radical (unpaired) electrons. The first kappa shape index (κ1) is 21.8. The van der Waals surface area contributed by atoms with Gasteiger partial charge in [0.1, 0.15) is 5.82 Å². The third-order valence-electron chi connectivity index (χ3n) is 5.42. The lowest BCUT2D eigenvalue weighted by atomic mass is 10.2. The summed E-state index contributed by atoms with van der Waals surface area (Å²) in [7, 11) is 0. The minimum absolute atomic E-state index is 0.202. The van der Waals surface area contributed by atoms with Gasteiger partial charge in [0.2, 0.25) is 5.91 Å². The van der Waals surface area contributed by atoms with E-state index >= 15 is 0 Å². The van der Waals surface area contributed by atoms with Gasteiger partial charge in [-0.05, 0) is 61.9 Å². The fourth-order valence-electron chi connectivity index (χ4n) is 3.64. The largest absolute Gasteiger partial charge is 0.324 e. The Morgan fingerprint density at radius 3 is 2.56 bits per heavy atom. The highest BCUT2D eigenvalue weighted by molar-refractivity contribution is 8.00. The second-order valence-corrected chi connectivity index (χ2v) is 9.18. The molecular weight excluding hydrogens is 446 g/mol. The standard InChI is InChI=1S/C26H21N5O2S/c1-16-12-13-23(28-15-16)31-25(33)19-7-3-4-9-22(19)30-26(31)34-17(2)24(32)29-21-11-5-10-20-18(21)8-6-14-27-20/h3-15,17H,1-2H3,(H,29,32)/t17-/m1/s1. The lowest BCUT2D eigenvalue weighted by Crippen LogP contribution is -2.26. The van der Waals surface area contributed by atoms with Gasteiger partial charge in [0.25, 0.3) is 5.56 Å². The molecule has 5 rings (SSSR count). The fraction of sp³-hybridized carbons (Fsp3) is 0.115. The number of anilines is 1. The second kappa shape index (κ2) is 9.07. The molecule has 1 atom stereocenters. The minimum atomic E-state index is -0.531. The zero-order valence-electron chi connectivity index (χ0n) is 18.6. The summed E-state index contributed by atoms with van der Waals surface area (Å²) in [4.78, 5) is 40.0. The molecule has 1 amide bonds. The number of aryl methyl sites for hydroxylation is 1. The van der Waals surface area contributed by atoms with E-state index in [0.717, 1.165) is 16.5 Å². The lowest BCUT2D eigenvalue weighted by molar-refractivity contribution is -0.115. The minimum Gasteiger partial charge on any atom is -0.324 e. The molecule has 0 saturated heterocycles. The van der Waals surface area contributed by atoms with E-state index in [9.17, 15) is 9.59 Å². The maximum Gasteiger partial charge on any atom is 0.267 e. The summed E-state index contributed by atoms with van der Waals surface area (Å²) in [5, 5.41) is 4.22. The number of benzene rings is 2. The Balaban J connectivity index is 1.51. The zero-order chi connectivity index (χ0) is 23.7. The van der Waals surface area contributed by atoms with Crippen LogP contribution in [0.2, 0.25) is 0 Å². The van der Waals surface area contributed by atoms with Crippen LogP contribution in [0, 0.1) is 6.92 Å². The van der Waals surface area contributed by atoms with Crippen LogP contribution in [0.25, 0.3) is 27.6 Å². The molecule has 0 saturated carbocycles. The van der Waals surface area contributed by atoms with Crippen LogP contribution in [-0.4, -0.2) is 30.7 Å². The molecule has 0 aliphatic carbocycles. The molecule has 34 heavy (non-hydrogen) atoms. The van der Waals surface area contributed by atoms with E-state index in [1.165, 1.54) is 16.3 Å². The van der Waals surface area contributed by atoms with Gasteiger partial charge in [-0.25, -0.2) is 14.5 Å². The third kappa shape index (κ3) is 4.15. The molecule has 0 spiro atoms. The van der Waals surface area contributed by atoms with Crippen LogP contribution in [0.4, 0.5) is 5.69 Å². The number of rotatable bonds is 5. The van der Waals surface area contributed by atoms with Crippen molar-refractivity contribution in [3.05, 3.63) is 95.0 Å². The molecule has 168 valence electrons. The number of nitrogens with one attached hydrogen (secondary N) is 1. The lowest BCUT2D eigenvalue weighted by Gasteiger charge is -2.16. The maximum atomic E-state index is 13.4. The van der Waals surface area contributed by atoms with Gasteiger partial charge in [-0.1, -0.05) is 36.0 Å². The molecule has 0 unspecified atom stereocenters. The van der Waals surface area contributed by atoms with Crippen LogP contribution in [-0.2, 0) is 4.79 Å². The third-order valence-corrected chi connectivity index (χ3v) is 6.48. The Kier molecular flexibility index (Phi) is 5.81. The number of pyridine rings is 2. The highest BCUT2D eigenvalue weighted by Crippen LogP contribution is 2.27. The number of carbonyl (C=O) groups excluding carboxylic acids is 1. The SMILES string of the molecule is Cc1ccc(-n2c(S[C@H](C)C(=O)Nc3cccc4ncccc34)nc3ccccc3c2=O)nc1. The highest BCUT2D eigenvalue weighted by Gasteiger charge is 2.21. The first-order chi connectivity index (χ1) is 16.5. The number of amides is 1. The summed E-state index contributed by atoms with van der Waals surface area (Å²) < 4.78 is 1.47. The summed E-state index contributed by atoms with van der Waals surface area (Å²) in [6, 6.07) is 20.2. The number of fused-ring (bicyclic) bond motifs is 2. The van der Waals surface area contributed by atoms with Gasteiger partial charge in [0.05, 0.1) is 27.4 Å². The van der Waals surface area contributed by atoms with E-state index in [1.807, 2.05) is 49.4 Å². The number of thioether (sulfide) groups is 1. The van der Waals surface area contributed by atoms with Crippen molar-refractivity contribution in [2.75, 3.05) is 5.32 Å². The van der Waals surface area contributed by atoms with Crippen LogP contribution >= 0.6 is 11.8 Å². The number of hydrogen-bond donors (Lipinski definition) is 1. The van der Waals surface area contributed by atoms with Crippen LogP contribution in [0.3, 0.4) is 0 Å². The number of carbonyl (C=O) groups is 1. The fourth-order valence-corrected chi connectivity index (χ4v) is 4.56. The predicted octanol–water partition coefficient (Wildman–Crippen LogP) is 4.76. The molecule has 7 nitrogen and oxygen atoms in total. The number of hydrogen-bond acceptors (Lipinski definition) is 6. The summed E-state index contributed by atoms with van der Waals surface area (Å²) in [5.41, 5.74) is 2.82. The second-order valence-electron chi connectivity index (χ2n) is 7.87. The van der Waals surface area contributed by atoms with Crippen molar-refractivity contribution in [3.8, 4) is 5.82 Å². The molecule has 1 N–H and O–H groups in total. The topological polar surface area (TPSA) is 89.8 Å². The number of nitrogens with zero attached hydrogens (tertiary/aromatic N) is 4. The van der Waals surface area contributed by atoms with Crippen molar-refractivity contribution >= 4 is 45.2 Å². The van der Waals surface area contributed by atoms with Crippen molar-refractivity contribution in [2.24, 2.45) is 0 Å². The van der Waals surface area contributed by atoms with E-state index in [-0.39, 0.29) is 11.5 Å². The smallest absolute Gasteiger partial charge is 0.267 e. The zero-order valence-corrected chi connectivity index (χ0v) is 19.4. The first-order valence-corrected chi connectivity index (χ1v) is 11.7. The van der Waals surface area contributed by atoms with Gasteiger partial charge >= 0.3 is 0 Å². The van der Waals surface area contributed by atoms with Crippen LogP contribution in [0.5, 0.6) is 0 Å². The van der Waals surface area contributed by atoms with Crippen molar-refractivity contribution in [3.63, 3.8) is 0 Å². The first-order valence-electron chi connectivity index (χ1n) is 10.8. The Morgan fingerprint density at radius 2 is 1.74 bits per heavy atom. The molecule has 0 bridgehead atoms. The molecule has 0 aliphatic rings. The van der Waals surface area contributed by atoms with Gasteiger partial charge in [0.15, 0.2) is 5.16 Å². The summed E-state index contributed by atoms with van der Waals surface area (Å²) >= 11 is 1.22. The number of aromatic nitrogens is 4. The summed E-state index contributed by atoms with van der Waals surface area (Å²) in [5.74, 6) is 0.260. The predicted molar refractivity (Wildman–Crippen MR) is 136 cm³/mol. The van der Waals surface area contributed by atoms with E-state index in [0.29, 0.717) is 27.6 Å². The molecule has 2 aromatic carbocycles. The van der Waals surface area contributed by atoms with Gasteiger partial charge in [-0.2, -0.15) is 0 Å². The Labute approximate surface area is 199 Å². The van der Waals surface area contributed by atoms with Gasteiger partial charge in [-0.15, -0.1) is 0 Å². The molecule has 8 heteroatoms. The van der Waals surface area contributed by atoms with Crippen LogP contribution in [0.1, 0.15) is 12.5 Å². The number of para-hydroxylation sites is 1. The van der Waals surface area contributed by atoms with Crippen LogP contribution in [0.15, 0.2) is 89.1 Å². The average molecular weight is 468 g/mol. The quantitative estimate of drug-likeness (QED) is 0.296. The molecule has 0 fully saturated rings. The van der Waals surface area contributed by atoms with E-state index in [2.05, 4.69) is 15.3 Å². The van der Waals surface area contributed by atoms with Gasteiger partial charge < -0.3 is 5.32 Å². The summed E-state index contributed by atoms with van der Waals surface area (Å²) in [6.07, 6.45) is 3.42. The van der Waals surface area contributed by atoms with E-state index in [1.54, 1.807) is 43.6 Å². The molecule has 3 aromatic heterocycles. The monoisotopic (exact) mass is 467 g/mol. The van der Waals surface area contributed by atoms with Crippen LogP contribution < -0.4 is 10.9 Å². The molecule has 5 aromatic rings. The average Bonchev–Trinajstić information content (AvgIpc) is 2.85. The maximum absolute atomic E-state index is 13.4. The van der Waals surface area contributed by atoms with E-state index in [4.69, 9.17) is 4.98 Å². The van der Waals surface area contributed by atoms with Crippen molar-refractivity contribution in [2.45, 2.75) is 24.3 Å². The molecule has 3 heterocycles. The normalized spacial score (nSPS) is 12.1.